The SMILES string of the molecule is CCOCOc1ccc(CO)cc1Br. The molecule has 0 radical (unpaired) electrons. The first-order valence-electron chi connectivity index (χ1n) is 4.37. The van der Waals surface area contributed by atoms with E-state index in [1.54, 1.807) is 6.07 Å². The van der Waals surface area contributed by atoms with E-state index < -0.39 is 0 Å². The summed E-state index contributed by atoms with van der Waals surface area (Å²) in [7, 11) is 0. The van der Waals surface area contributed by atoms with Crippen LogP contribution in [0.1, 0.15) is 12.5 Å². The Bertz CT molecular complexity index is 289. The van der Waals surface area contributed by atoms with Gasteiger partial charge in [-0.05, 0) is 40.5 Å². The van der Waals surface area contributed by atoms with Gasteiger partial charge in [0.25, 0.3) is 0 Å². The van der Waals surface area contributed by atoms with E-state index in [2.05, 4.69) is 15.9 Å². The largest absolute Gasteiger partial charge is 0.466 e. The van der Waals surface area contributed by atoms with Crippen LogP contribution in [0.15, 0.2) is 22.7 Å². The first-order valence-corrected chi connectivity index (χ1v) is 5.17. The van der Waals surface area contributed by atoms with Crippen molar-refractivity contribution in [1.82, 2.24) is 0 Å². The number of aliphatic hydroxyl groups excluding tert-OH is 1. The minimum atomic E-state index is 0.0321. The molecule has 1 N–H and O–H groups in total. The third-order valence-corrected chi connectivity index (χ3v) is 2.30. The van der Waals surface area contributed by atoms with Crippen LogP contribution in [0.25, 0.3) is 0 Å². The maximum Gasteiger partial charge on any atom is 0.189 e. The van der Waals surface area contributed by atoms with Crippen molar-refractivity contribution in [1.29, 1.82) is 0 Å². The second-order valence-electron chi connectivity index (χ2n) is 2.68. The molecule has 0 amide bonds. The molecule has 0 fully saturated rings. The summed E-state index contributed by atoms with van der Waals surface area (Å²) in [6, 6.07) is 5.43. The van der Waals surface area contributed by atoms with Gasteiger partial charge in [-0.25, -0.2) is 0 Å². The van der Waals surface area contributed by atoms with Crippen LogP contribution in [0, 0.1) is 0 Å². The highest BCUT2D eigenvalue weighted by Crippen LogP contribution is 2.25. The smallest absolute Gasteiger partial charge is 0.189 e. The number of hydrogen-bond acceptors (Lipinski definition) is 3. The van der Waals surface area contributed by atoms with Crippen LogP contribution in [0.2, 0.25) is 0 Å². The van der Waals surface area contributed by atoms with Gasteiger partial charge in [-0.15, -0.1) is 0 Å². The molecule has 0 aliphatic rings. The minimum absolute atomic E-state index is 0.0321. The van der Waals surface area contributed by atoms with E-state index >= 15 is 0 Å². The summed E-state index contributed by atoms with van der Waals surface area (Å²) in [6.07, 6.45) is 0. The summed E-state index contributed by atoms with van der Waals surface area (Å²) in [4.78, 5) is 0. The highest BCUT2D eigenvalue weighted by atomic mass is 79.9. The highest BCUT2D eigenvalue weighted by Gasteiger charge is 2.01. The lowest BCUT2D eigenvalue weighted by atomic mass is 10.2. The quantitative estimate of drug-likeness (QED) is 0.653. The predicted octanol–water partition coefficient (Wildman–Crippen LogP) is 2.31. The molecule has 0 heterocycles. The molecule has 1 rings (SSSR count). The molecule has 1 aromatic rings. The molecular formula is C10H13BrO3. The van der Waals surface area contributed by atoms with Crippen molar-refractivity contribution in [2.24, 2.45) is 0 Å². The van der Waals surface area contributed by atoms with E-state index in [0.29, 0.717) is 6.61 Å². The number of hydrogen-bond donors (Lipinski definition) is 1. The highest BCUT2D eigenvalue weighted by molar-refractivity contribution is 9.10. The van der Waals surface area contributed by atoms with Crippen molar-refractivity contribution in [3.8, 4) is 5.75 Å². The van der Waals surface area contributed by atoms with Crippen LogP contribution in [0.4, 0.5) is 0 Å². The van der Waals surface area contributed by atoms with Gasteiger partial charge < -0.3 is 14.6 Å². The van der Waals surface area contributed by atoms with E-state index in [4.69, 9.17) is 14.6 Å². The molecule has 4 heteroatoms. The Morgan fingerprint density at radius 2 is 2.21 bits per heavy atom. The van der Waals surface area contributed by atoms with E-state index in [-0.39, 0.29) is 13.4 Å². The van der Waals surface area contributed by atoms with Gasteiger partial charge in [0, 0.05) is 6.61 Å². The maximum atomic E-state index is 8.88. The number of rotatable bonds is 5. The Labute approximate surface area is 91.8 Å². The Hall–Kier alpha value is -0.580. The van der Waals surface area contributed by atoms with Gasteiger partial charge >= 0.3 is 0 Å². The molecule has 0 atom stereocenters. The lowest BCUT2D eigenvalue weighted by molar-refractivity contribution is 0.0219. The van der Waals surface area contributed by atoms with Crippen LogP contribution in [-0.2, 0) is 11.3 Å². The van der Waals surface area contributed by atoms with E-state index in [1.807, 2.05) is 19.1 Å². The van der Waals surface area contributed by atoms with Gasteiger partial charge in [-0.3, -0.25) is 0 Å². The Balaban J connectivity index is 2.59. The van der Waals surface area contributed by atoms with Gasteiger partial charge in [0.05, 0.1) is 11.1 Å². The molecule has 0 aliphatic heterocycles. The number of halogens is 1. The topological polar surface area (TPSA) is 38.7 Å². The Morgan fingerprint density at radius 1 is 1.43 bits per heavy atom. The predicted molar refractivity (Wildman–Crippen MR) is 57.2 cm³/mol. The molecule has 0 aliphatic carbocycles. The van der Waals surface area contributed by atoms with Crippen molar-refractivity contribution in [2.75, 3.05) is 13.4 Å². The summed E-state index contributed by atoms with van der Waals surface area (Å²) < 4.78 is 11.2. The lowest BCUT2D eigenvalue weighted by Crippen LogP contribution is -2.02. The summed E-state index contributed by atoms with van der Waals surface area (Å²) in [6.45, 7) is 2.82. The van der Waals surface area contributed by atoms with Crippen molar-refractivity contribution in [3.05, 3.63) is 28.2 Å². The molecular weight excluding hydrogens is 248 g/mol. The Morgan fingerprint density at radius 3 is 2.79 bits per heavy atom. The molecule has 0 bridgehead atoms. The molecule has 1 aromatic carbocycles. The van der Waals surface area contributed by atoms with Crippen molar-refractivity contribution in [2.45, 2.75) is 13.5 Å². The maximum absolute atomic E-state index is 8.88. The van der Waals surface area contributed by atoms with Crippen molar-refractivity contribution >= 4 is 15.9 Å². The first-order chi connectivity index (χ1) is 6.77. The summed E-state index contributed by atoms with van der Waals surface area (Å²) in [5.41, 5.74) is 0.848. The van der Waals surface area contributed by atoms with Crippen LogP contribution in [0.5, 0.6) is 5.75 Å². The second-order valence-corrected chi connectivity index (χ2v) is 3.53. The van der Waals surface area contributed by atoms with Gasteiger partial charge in [-0.1, -0.05) is 6.07 Å². The van der Waals surface area contributed by atoms with Crippen LogP contribution < -0.4 is 4.74 Å². The average Bonchev–Trinajstić information content (AvgIpc) is 2.20. The zero-order chi connectivity index (χ0) is 10.4. The van der Waals surface area contributed by atoms with Gasteiger partial charge in [0.1, 0.15) is 5.75 Å². The van der Waals surface area contributed by atoms with E-state index in [1.165, 1.54) is 0 Å². The van der Waals surface area contributed by atoms with Crippen LogP contribution in [0.3, 0.4) is 0 Å². The number of ether oxygens (including phenoxy) is 2. The van der Waals surface area contributed by atoms with E-state index in [9.17, 15) is 0 Å². The third-order valence-electron chi connectivity index (χ3n) is 1.68. The summed E-state index contributed by atoms with van der Waals surface area (Å²) in [5, 5.41) is 8.88. The summed E-state index contributed by atoms with van der Waals surface area (Å²) >= 11 is 3.35. The second kappa shape index (κ2) is 6.01. The average molecular weight is 261 g/mol. The molecule has 0 aromatic heterocycles. The zero-order valence-corrected chi connectivity index (χ0v) is 9.58. The van der Waals surface area contributed by atoms with Crippen molar-refractivity contribution < 1.29 is 14.6 Å². The fourth-order valence-corrected chi connectivity index (χ4v) is 1.49. The first kappa shape index (κ1) is 11.5. The molecule has 0 saturated heterocycles. The molecule has 3 nitrogen and oxygen atoms in total. The van der Waals surface area contributed by atoms with Crippen LogP contribution in [-0.4, -0.2) is 18.5 Å². The standard InChI is InChI=1S/C10H13BrO3/c1-2-13-7-14-10-4-3-8(6-12)5-9(10)11/h3-5,12H,2,6-7H2,1H3. The van der Waals surface area contributed by atoms with Crippen LogP contribution >= 0.6 is 15.9 Å². The van der Waals surface area contributed by atoms with Gasteiger partial charge in [0.2, 0.25) is 0 Å². The van der Waals surface area contributed by atoms with Gasteiger partial charge in [-0.2, -0.15) is 0 Å². The molecule has 0 spiro atoms. The minimum Gasteiger partial charge on any atom is -0.466 e. The van der Waals surface area contributed by atoms with Crippen molar-refractivity contribution in [3.63, 3.8) is 0 Å². The zero-order valence-electron chi connectivity index (χ0n) is 8.00. The van der Waals surface area contributed by atoms with E-state index in [0.717, 1.165) is 15.8 Å². The Kier molecular flexibility index (Phi) is 4.93. The molecule has 78 valence electrons. The lowest BCUT2D eigenvalue weighted by Gasteiger charge is -2.08. The van der Waals surface area contributed by atoms with Gasteiger partial charge in [0.15, 0.2) is 6.79 Å². The third kappa shape index (κ3) is 3.29. The number of benzene rings is 1. The molecule has 0 unspecified atom stereocenters. The molecule has 0 saturated carbocycles. The monoisotopic (exact) mass is 260 g/mol. The molecule has 14 heavy (non-hydrogen) atoms. The normalized spacial score (nSPS) is 10.2. The number of aliphatic hydroxyl groups is 1. The fraction of sp³-hybridized carbons (Fsp3) is 0.400. The summed E-state index contributed by atoms with van der Waals surface area (Å²) in [5.74, 6) is 0.718. The fourth-order valence-electron chi connectivity index (χ4n) is 0.948.